The minimum atomic E-state index is 0.891. The minimum Gasteiger partial charge on any atom is -0.240 e. The fourth-order valence-corrected chi connectivity index (χ4v) is 2.74. The molecule has 4 fully saturated rings. The zero-order chi connectivity index (χ0) is 7.42. The molecule has 0 aromatic rings. The molecule has 4 nitrogen and oxygen atoms in total. The molecule has 4 rings (SSSR count). The first-order chi connectivity index (χ1) is 5.33. The Hall–Kier alpha value is -0.160. The summed E-state index contributed by atoms with van der Waals surface area (Å²) in [6.45, 7) is 4.74. The summed E-state index contributed by atoms with van der Waals surface area (Å²) < 4.78 is 0. The van der Waals surface area contributed by atoms with Crippen molar-refractivity contribution in [2.24, 2.45) is 17.7 Å². The van der Waals surface area contributed by atoms with Crippen molar-refractivity contribution in [2.75, 3.05) is 26.2 Å². The van der Waals surface area contributed by atoms with E-state index >= 15 is 0 Å². The SMILES string of the molecule is NN1N2CC3CC(C2)CN1C3. The largest absolute Gasteiger partial charge is 0.240 e. The molecule has 0 unspecified atom stereocenters. The summed E-state index contributed by atoms with van der Waals surface area (Å²) in [6.07, 6.45) is 1.43. The molecule has 0 aliphatic carbocycles. The van der Waals surface area contributed by atoms with E-state index in [1.807, 2.05) is 5.23 Å². The lowest BCUT2D eigenvalue weighted by atomic mass is 9.85. The van der Waals surface area contributed by atoms with Gasteiger partial charge in [0, 0.05) is 26.2 Å². The number of hydrogen-bond donors (Lipinski definition) is 1. The number of hydrogen-bond acceptors (Lipinski definition) is 4. The van der Waals surface area contributed by atoms with Gasteiger partial charge in [0.1, 0.15) is 0 Å². The zero-order valence-electron chi connectivity index (χ0n) is 6.61. The van der Waals surface area contributed by atoms with Gasteiger partial charge >= 0.3 is 0 Å². The third kappa shape index (κ3) is 0.780. The molecule has 2 N–H and O–H groups in total. The second kappa shape index (κ2) is 1.95. The Labute approximate surface area is 66.4 Å². The molecule has 0 radical (unpaired) electrons. The van der Waals surface area contributed by atoms with Gasteiger partial charge in [-0.05, 0) is 18.3 Å². The van der Waals surface area contributed by atoms with Crippen molar-refractivity contribution < 1.29 is 0 Å². The van der Waals surface area contributed by atoms with E-state index in [0.717, 1.165) is 11.8 Å². The van der Waals surface area contributed by atoms with Crippen molar-refractivity contribution in [3.63, 3.8) is 0 Å². The zero-order valence-corrected chi connectivity index (χ0v) is 6.61. The van der Waals surface area contributed by atoms with Crippen LogP contribution < -0.4 is 5.84 Å². The molecule has 0 spiro atoms. The molecule has 0 aromatic heterocycles. The third-order valence-electron chi connectivity index (χ3n) is 3.12. The fraction of sp³-hybridized carbons (Fsp3) is 1.00. The predicted octanol–water partition coefficient (Wildman–Crippen LogP) is -0.741. The van der Waals surface area contributed by atoms with Crippen LogP contribution in [-0.2, 0) is 0 Å². The monoisotopic (exact) mass is 154 g/mol. The van der Waals surface area contributed by atoms with Gasteiger partial charge in [-0.3, -0.25) is 0 Å². The van der Waals surface area contributed by atoms with Crippen LogP contribution in [0.5, 0.6) is 0 Å². The molecule has 4 saturated heterocycles. The van der Waals surface area contributed by atoms with Crippen LogP contribution in [0.4, 0.5) is 0 Å². The van der Waals surface area contributed by atoms with Crippen molar-refractivity contribution >= 4 is 0 Å². The highest BCUT2D eigenvalue weighted by Gasteiger charge is 2.43. The highest BCUT2D eigenvalue weighted by molar-refractivity contribution is 4.88. The summed E-state index contributed by atoms with van der Waals surface area (Å²) in [5.74, 6) is 7.63. The first-order valence-corrected chi connectivity index (χ1v) is 4.37. The molecule has 0 amide bonds. The summed E-state index contributed by atoms with van der Waals surface area (Å²) in [4.78, 5) is 0. The molecule has 0 atom stereocenters. The average molecular weight is 154 g/mol. The Balaban J connectivity index is 1.91. The molecule has 4 aliphatic rings. The second-order valence-corrected chi connectivity index (χ2v) is 4.03. The van der Waals surface area contributed by atoms with Gasteiger partial charge in [-0.25, -0.2) is 15.9 Å². The maximum Gasteiger partial charge on any atom is 0.0201 e. The summed E-state index contributed by atoms with van der Waals surface area (Å²) in [5, 5.41) is 6.36. The number of nitrogens with two attached hydrogens (primary N) is 1. The van der Waals surface area contributed by atoms with E-state index in [1.54, 1.807) is 0 Å². The number of nitrogens with zero attached hydrogens (tertiary/aromatic N) is 3. The smallest absolute Gasteiger partial charge is 0.0201 e. The molecule has 4 heteroatoms. The highest BCUT2D eigenvalue weighted by atomic mass is 16.0. The lowest BCUT2D eigenvalue weighted by molar-refractivity contribution is -0.288. The van der Waals surface area contributed by atoms with Crippen LogP contribution in [0.2, 0.25) is 0 Å². The molecule has 62 valence electrons. The first-order valence-electron chi connectivity index (χ1n) is 4.37. The van der Waals surface area contributed by atoms with Crippen LogP contribution in [0.15, 0.2) is 0 Å². The fourth-order valence-electron chi connectivity index (χ4n) is 2.74. The Morgan fingerprint density at radius 3 is 1.82 bits per heavy atom. The van der Waals surface area contributed by atoms with Crippen LogP contribution in [-0.4, -0.2) is 41.4 Å². The molecule has 4 bridgehead atoms. The van der Waals surface area contributed by atoms with E-state index in [1.165, 1.54) is 32.6 Å². The van der Waals surface area contributed by atoms with Gasteiger partial charge in [0.15, 0.2) is 0 Å². The van der Waals surface area contributed by atoms with Gasteiger partial charge in [0.2, 0.25) is 0 Å². The standard InChI is InChI=1S/C7H14N4/c8-11-9-2-6-1-7(4-9)5-10(11)3-6/h6-7H,1-5,8H2. The Morgan fingerprint density at radius 2 is 1.36 bits per heavy atom. The quantitative estimate of drug-likeness (QED) is 0.466. The summed E-state index contributed by atoms with van der Waals surface area (Å²) in [6, 6.07) is 0. The topological polar surface area (TPSA) is 35.7 Å². The van der Waals surface area contributed by atoms with Crippen molar-refractivity contribution in [3.8, 4) is 0 Å². The molecule has 4 aliphatic heterocycles. The Kier molecular flexibility index (Phi) is 1.13. The molecule has 0 saturated carbocycles. The highest BCUT2D eigenvalue weighted by Crippen LogP contribution is 2.33. The summed E-state index contributed by atoms with van der Waals surface area (Å²) in [5.41, 5.74) is 0. The lowest BCUT2D eigenvalue weighted by Gasteiger charge is -2.57. The van der Waals surface area contributed by atoms with Gasteiger partial charge in [0.25, 0.3) is 0 Å². The third-order valence-corrected chi connectivity index (χ3v) is 3.12. The molecular formula is C7H14N4. The Bertz CT molecular complexity index is 153. The van der Waals surface area contributed by atoms with Crippen LogP contribution in [0.3, 0.4) is 0 Å². The molecular weight excluding hydrogens is 140 g/mol. The number of rotatable bonds is 0. The van der Waals surface area contributed by atoms with Crippen LogP contribution in [0.25, 0.3) is 0 Å². The van der Waals surface area contributed by atoms with E-state index in [2.05, 4.69) is 10.0 Å². The van der Waals surface area contributed by atoms with E-state index in [0.29, 0.717) is 0 Å². The maximum atomic E-state index is 5.85. The maximum absolute atomic E-state index is 5.85. The van der Waals surface area contributed by atoms with Gasteiger partial charge < -0.3 is 0 Å². The Morgan fingerprint density at radius 1 is 0.909 bits per heavy atom. The molecule has 11 heavy (non-hydrogen) atoms. The van der Waals surface area contributed by atoms with Crippen molar-refractivity contribution in [1.82, 2.24) is 15.2 Å². The average Bonchev–Trinajstić information content (AvgIpc) is 1.98. The predicted molar refractivity (Wildman–Crippen MR) is 40.8 cm³/mol. The molecule has 0 aromatic carbocycles. The minimum absolute atomic E-state index is 0.891. The van der Waals surface area contributed by atoms with Gasteiger partial charge in [-0.15, -0.1) is 5.23 Å². The van der Waals surface area contributed by atoms with Crippen molar-refractivity contribution in [2.45, 2.75) is 6.42 Å². The van der Waals surface area contributed by atoms with Gasteiger partial charge in [-0.2, -0.15) is 0 Å². The van der Waals surface area contributed by atoms with Crippen LogP contribution >= 0.6 is 0 Å². The second-order valence-electron chi connectivity index (χ2n) is 4.03. The summed E-state index contributed by atoms with van der Waals surface area (Å²) >= 11 is 0. The van der Waals surface area contributed by atoms with E-state index in [4.69, 9.17) is 5.84 Å². The van der Waals surface area contributed by atoms with E-state index < -0.39 is 0 Å². The molecule has 4 heterocycles. The van der Waals surface area contributed by atoms with E-state index in [-0.39, 0.29) is 0 Å². The lowest BCUT2D eigenvalue weighted by Crippen LogP contribution is -2.72. The van der Waals surface area contributed by atoms with Crippen molar-refractivity contribution in [3.05, 3.63) is 0 Å². The van der Waals surface area contributed by atoms with Crippen molar-refractivity contribution in [1.29, 1.82) is 0 Å². The summed E-state index contributed by atoms with van der Waals surface area (Å²) in [7, 11) is 0. The normalized spacial score (nSPS) is 55.4. The van der Waals surface area contributed by atoms with Crippen LogP contribution in [0.1, 0.15) is 6.42 Å². The van der Waals surface area contributed by atoms with Crippen LogP contribution in [0, 0.1) is 11.8 Å². The number of hydrazine groups is 3. The van der Waals surface area contributed by atoms with E-state index in [9.17, 15) is 0 Å². The number of piperidine rings is 2. The van der Waals surface area contributed by atoms with Gasteiger partial charge in [-0.1, -0.05) is 0 Å². The first kappa shape index (κ1) is 6.37. The van der Waals surface area contributed by atoms with Gasteiger partial charge in [0.05, 0.1) is 0 Å².